The van der Waals surface area contributed by atoms with Crippen LogP contribution in [0.15, 0.2) is 47.5 Å². The maximum Gasteiger partial charge on any atom is 0.181 e. The van der Waals surface area contributed by atoms with E-state index in [2.05, 4.69) is 6.07 Å². The first-order chi connectivity index (χ1) is 10.4. The Morgan fingerprint density at radius 1 is 1.27 bits per heavy atom. The maximum atomic E-state index is 11.3. The molecular weight excluding hydrogens is 280 g/mol. The summed E-state index contributed by atoms with van der Waals surface area (Å²) in [4.78, 5) is 11.3. The van der Waals surface area contributed by atoms with E-state index in [0.717, 1.165) is 5.56 Å². The van der Waals surface area contributed by atoms with Crippen molar-refractivity contribution in [1.82, 2.24) is 4.57 Å². The summed E-state index contributed by atoms with van der Waals surface area (Å²) in [6, 6.07) is 9.72. The summed E-state index contributed by atoms with van der Waals surface area (Å²) in [7, 11) is 0. The summed E-state index contributed by atoms with van der Waals surface area (Å²) < 4.78 is 7.65. The highest BCUT2D eigenvalue weighted by Gasteiger charge is 2.43. The molecule has 1 aromatic heterocycles. The summed E-state index contributed by atoms with van der Waals surface area (Å²) in [5.74, 6) is 0.637. The van der Waals surface area contributed by atoms with E-state index in [1.807, 2.05) is 13.8 Å². The van der Waals surface area contributed by atoms with Crippen LogP contribution < -0.4 is 10.2 Å². The SMILES string of the molecule is CC1(C)Oc2ccc(C#N)cc2[C@@H](n2ccc(=O)cc2)[C@@H]1O. The molecule has 0 bridgehead atoms. The number of aliphatic hydroxyl groups excluding tert-OH is 1. The summed E-state index contributed by atoms with van der Waals surface area (Å²) in [5, 5.41) is 19.8. The number of fused-ring (bicyclic) bond motifs is 1. The Labute approximate surface area is 128 Å². The highest BCUT2D eigenvalue weighted by molar-refractivity contribution is 5.46. The molecule has 2 heterocycles. The highest BCUT2D eigenvalue weighted by Crippen LogP contribution is 2.42. The molecule has 5 nitrogen and oxygen atoms in total. The van der Waals surface area contributed by atoms with E-state index in [9.17, 15) is 9.90 Å². The molecule has 1 aromatic carbocycles. The van der Waals surface area contributed by atoms with Crippen LogP contribution in [0.25, 0.3) is 0 Å². The van der Waals surface area contributed by atoms with Crippen molar-refractivity contribution >= 4 is 0 Å². The van der Waals surface area contributed by atoms with E-state index in [4.69, 9.17) is 10.00 Å². The minimum atomic E-state index is -0.823. The molecule has 2 atom stereocenters. The van der Waals surface area contributed by atoms with Crippen LogP contribution in [0.4, 0.5) is 0 Å². The molecule has 22 heavy (non-hydrogen) atoms. The molecule has 0 radical (unpaired) electrons. The number of aromatic nitrogens is 1. The van der Waals surface area contributed by atoms with E-state index in [0.29, 0.717) is 11.3 Å². The lowest BCUT2D eigenvalue weighted by Gasteiger charge is -2.43. The monoisotopic (exact) mass is 296 g/mol. The molecule has 1 aliphatic rings. The Morgan fingerprint density at radius 2 is 1.95 bits per heavy atom. The van der Waals surface area contributed by atoms with Crippen molar-refractivity contribution < 1.29 is 9.84 Å². The second kappa shape index (κ2) is 5.00. The van der Waals surface area contributed by atoms with Gasteiger partial charge in [-0.15, -0.1) is 0 Å². The maximum absolute atomic E-state index is 11.3. The van der Waals surface area contributed by atoms with E-state index in [1.54, 1.807) is 35.2 Å². The standard InChI is InChI=1S/C17H16N2O3/c1-17(2)16(21)15(19-7-5-12(20)6-8-19)13-9-11(10-18)3-4-14(13)22-17/h3-9,15-16,21H,1-2H3/t15-,16+/m1/s1. The lowest BCUT2D eigenvalue weighted by atomic mass is 9.85. The molecule has 0 fully saturated rings. The van der Waals surface area contributed by atoms with Gasteiger partial charge in [-0.3, -0.25) is 4.79 Å². The molecule has 0 saturated carbocycles. The number of rotatable bonds is 1. The van der Waals surface area contributed by atoms with E-state index in [1.165, 1.54) is 12.1 Å². The number of ether oxygens (including phenoxy) is 1. The lowest BCUT2D eigenvalue weighted by molar-refractivity contribution is -0.0637. The molecule has 0 spiro atoms. The predicted octanol–water partition coefficient (Wildman–Crippen LogP) is 1.84. The fourth-order valence-electron chi connectivity index (χ4n) is 2.77. The highest BCUT2D eigenvalue weighted by atomic mass is 16.5. The number of aliphatic hydroxyl groups is 1. The van der Waals surface area contributed by atoms with Crippen molar-refractivity contribution in [2.75, 3.05) is 0 Å². The van der Waals surface area contributed by atoms with Gasteiger partial charge in [0.2, 0.25) is 0 Å². The summed E-state index contributed by atoms with van der Waals surface area (Å²) in [6.07, 6.45) is 2.46. The fraction of sp³-hybridized carbons (Fsp3) is 0.294. The first kappa shape index (κ1) is 14.4. The largest absolute Gasteiger partial charge is 0.485 e. The van der Waals surface area contributed by atoms with E-state index >= 15 is 0 Å². The normalized spacial score (nSPS) is 22.3. The summed E-state index contributed by atoms with van der Waals surface area (Å²) >= 11 is 0. The number of benzene rings is 1. The van der Waals surface area contributed by atoms with Gasteiger partial charge >= 0.3 is 0 Å². The molecule has 112 valence electrons. The second-order valence-electron chi connectivity index (χ2n) is 5.94. The number of nitrogens with zero attached hydrogens (tertiary/aromatic N) is 2. The number of hydrogen-bond donors (Lipinski definition) is 1. The second-order valence-corrected chi connectivity index (χ2v) is 5.94. The van der Waals surface area contributed by atoms with Gasteiger partial charge in [0.25, 0.3) is 0 Å². The van der Waals surface area contributed by atoms with Crippen molar-refractivity contribution in [2.45, 2.75) is 31.6 Å². The lowest BCUT2D eigenvalue weighted by Crippen LogP contribution is -2.50. The molecule has 0 amide bonds. The first-order valence-electron chi connectivity index (χ1n) is 7.01. The minimum Gasteiger partial charge on any atom is -0.485 e. The minimum absolute atomic E-state index is 0.0944. The Kier molecular flexibility index (Phi) is 3.27. The van der Waals surface area contributed by atoms with Crippen molar-refractivity contribution in [2.24, 2.45) is 0 Å². The van der Waals surface area contributed by atoms with Gasteiger partial charge < -0.3 is 14.4 Å². The Bertz CT molecular complexity index is 797. The average Bonchev–Trinajstić information content (AvgIpc) is 2.49. The van der Waals surface area contributed by atoms with E-state index in [-0.39, 0.29) is 5.43 Å². The van der Waals surface area contributed by atoms with Crippen molar-refractivity contribution in [3.8, 4) is 11.8 Å². The average molecular weight is 296 g/mol. The summed E-state index contributed by atoms with van der Waals surface area (Å²) in [5.41, 5.74) is 0.354. The third-order valence-electron chi connectivity index (χ3n) is 3.98. The van der Waals surface area contributed by atoms with Gasteiger partial charge in [0, 0.05) is 30.1 Å². The molecule has 0 aliphatic carbocycles. The number of nitriles is 1. The predicted molar refractivity (Wildman–Crippen MR) is 80.7 cm³/mol. The van der Waals surface area contributed by atoms with Crippen LogP contribution in [-0.4, -0.2) is 21.4 Å². The van der Waals surface area contributed by atoms with Gasteiger partial charge in [0.05, 0.1) is 17.7 Å². The number of pyridine rings is 1. The van der Waals surface area contributed by atoms with Crippen LogP contribution in [0.5, 0.6) is 5.75 Å². The number of hydrogen-bond acceptors (Lipinski definition) is 4. The van der Waals surface area contributed by atoms with Gasteiger partial charge in [0.15, 0.2) is 5.43 Å². The van der Waals surface area contributed by atoms with Gasteiger partial charge in [0.1, 0.15) is 17.5 Å². The third-order valence-corrected chi connectivity index (χ3v) is 3.98. The fourth-order valence-corrected chi connectivity index (χ4v) is 2.77. The van der Waals surface area contributed by atoms with Crippen LogP contribution in [0, 0.1) is 11.3 Å². The van der Waals surface area contributed by atoms with Gasteiger partial charge in [-0.2, -0.15) is 5.26 Å². The molecule has 2 aromatic rings. The van der Waals surface area contributed by atoms with Gasteiger partial charge in [-0.25, -0.2) is 0 Å². The zero-order chi connectivity index (χ0) is 15.9. The molecule has 0 unspecified atom stereocenters. The molecule has 0 saturated heterocycles. The van der Waals surface area contributed by atoms with Crippen LogP contribution in [0.3, 0.4) is 0 Å². The first-order valence-corrected chi connectivity index (χ1v) is 7.01. The molecule has 1 N–H and O–H groups in total. The van der Waals surface area contributed by atoms with Crippen molar-refractivity contribution in [1.29, 1.82) is 5.26 Å². The molecular formula is C17H16N2O3. The van der Waals surface area contributed by atoms with Crippen LogP contribution in [0.1, 0.15) is 31.0 Å². The topological polar surface area (TPSA) is 75.2 Å². The Hall–Kier alpha value is -2.58. The van der Waals surface area contributed by atoms with Crippen molar-refractivity contribution in [3.63, 3.8) is 0 Å². The molecule has 5 heteroatoms. The van der Waals surface area contributed by atoms with Crippen molar-refractivity contribution in [3.05, 3.63) is 64.1 Å². The Balaban J connectivity index is 2.21. The summed E-state index contributed by atoms with van der Waals surface area (Å²) in [6.45, 7) is 3.63. The molecule has 3 rings (SSSR count). The van der Waals surface area contributed by atoms with Crippen LogP contribution >= 0.6 is 0 Å². The van der Waals surface area contributed by atoms with Gasteiger partial charge in [-0.05, 0) is 32.0 Å². The Morgan fingerprint density at radius 3 is 2.59 bits per heavy atom. The zero-order valence-corrected chi connectivity index (χ0v) is 12.4. The van der Waals surface area contributed by atoms with Crippen LogP contribution in [-0.2, 0) is 0 Å². The van der Waals surface area contributed by atoms with E-state index < -0.39 is 17.7 Å². The third kappa shape index (κ3) is 2.28. The van der Waals surface area contributed by atoms with Gasteiger partial charge in [-0.1, -0.05) is 0 Å². The quantitative estimate of drug-likeness (QED) is 0.871. The van der Waals surface area contributed by atoms with Crippen LogP contribution in [0.2, 0.25) is 0 Å². The smallest absolute Gasteiger partial charge is 0.181 e. The molecule has 1 aliphatic heterocycles. The zero-order valence-electron chi connectivity index (χ0n) is 12.4.